The molecule has 1 aromatic carbocycles. The fourth-order valence-electron chi connectivity index (χ4n) is 2.97. The van der Waals surface area contributed by atoms with Crippen LogP contribution in [0.2, 0.25) is 0 Å². The van der Waals surface area contributed by atoms with Crippen LogP contribution < -0.4 is 16.4 Å². The first-order chi connectivity index (χ1) is 10.5. The fraction of sp³-hybridized carbons (Fsp3) is 0.611. The third-order valence-electron chi connectivity index (χ3n) is 4.52. The number of hydrogen-bond acceptors (Lipinski definition) is 3. The summed E-state index contributed by atoms with van der Waals surface area (Å²) >= 11 is 0. The van der Waals surface area contributed by atoms with E-state index in [0.29, 0.717) is 18.5 Å². The number of hydrogen-bond donors (Lipinski definition) is 3. The van der Waals surface area contributed by atoms with Crippen molar-refractivity contribution in [3.8, 4) is 0 Å². The first-order valence-corrected chi connectivity index (χ1v) is 8.34. The van der Waals surface area contributed by atoms with E-state index in [4.69, 9.17) is 5.73 Å². The smallest absolute Gasteiger partial charge is 0.223 e. The van der Waals surface area contributed by atoms with E-state index in [1.807, 2.05) is 0 Å². The van der Waals surface area contributed by atoms with Gasteiger partial charge in [0.15, 0.2) is 0 Å². The number of nitrogens with two attached hydrogens (primary N) is 1. The van der Waals surface area contributed by atoms with Crippen molar-refractivity contribution in [3.05, 3.63) is 35.4 Å². The Morgan fingerprint density at radius 3 is 2.55 bits per heavy atom. The SMILES string of the molecule is CC(C)c1ccc(C(N)CNC(=O)[C@H]2CCN[C@@H](C)C2)cc1. The van der Waals surface area contributed by atoms with Crippen LogP contribution in [0.1, 0.15) is 56.7 Å². The van der Waals surface area contributed by atoms with Crippen LogP contribution in [0, 0.1) is 5.92 Å². The second-order valence-electron chi connectivity index (χ2n) is 6.75. The molecule has 0 aliphatic carbocycles. The Kier molecular flexibility index (Phi) is 5.98. The summed E-state index contributed by atoms with van der Waals surface area (Å²) < 4.78 is 0. The van der Waals surface area contributed by atoms with Crippen LogP contribution in [0.5, 0.6) is 0 Å². The molecule has 4 nitrogen and oxygen atoms in total. The molecule has 122 valence electrons. The van der Waals surface area contributed by atoms with Gasteiger partial charge >= 0.3 is 0 Å². The lowest BCUT2D eigenvalue weighted by molar-refractivity contribution is -0.126. The van der Waals surface area contributed by atoms with Crippen molar-refractivity contribution in [3.63, 3.8) is 0 Å². The molecular formula is C18H29N3O. The van der Waals surface area contributed by atoms with Crippen molar-refractivity contribution >= 4 is 5.91 Å². The lowest BCUT2D eigenvalue weighted by Crippen LogP contribution is -2.43. The highest BCUT2D eigenvalue weighted by Gasteiger charge is 2.24. The van der Waals surface area contributed by atoms with E-state index in [2.05, 4.69) is 55.7 Å². The highest BCUT2D eigenvalue weighted by atomic mass is 16.1. The summed E-state index contributed by atoms with van der Waals surface area (Å²) in [4.78, 5) is 12.2. The van der Waals surface area contributed by atoms with Crippen LogP contribution in [-0.4, -0.2) is 25.0 Å². The van der Waals surface area contributed by atoms with E-state index in [-0.39, 0.29) is 17.9 Å². The molecular weight excluding hydrogens is 274 g/mol. The molecule has 2 rings (SSSR count). The van der Waals surface area contributed by atoms with Crippen LogP contribution in [0.3, 0.4) is 0 Å². The zero-order valence-corrected chi connectivity index (χ0v) is 13.9. The van der Waals surface area contributed by atoms with Crippen LogP contribution >= 0.6 is 0 Å². The molecule has 1 amide bonds. The van der Waals surface area contributed by atoms with E-state index >= 15 is 0 Å². The minimum atomic E-state index is -0.149. The zero-order valence-electron chi connectivity index (χ0n) is 13.9. The summed E-state index contributed by atoms with van der Waals surface area (Å²) in [5, 5.41) is 6.38. The van der Waals surface area contributed by atoms with Gasteiger partial charge < -0.3 is 16.4 Å². The topological polar surface area (TPSA) is 67.1 Å². The Labute approximate surface area is 133 Å². The number of carbonyl (C=O) groups excluding carboxylic acids is 1. The Morgan fingerprint density at radius 1 is 1.32 bits per heavy atom. The van der Waals surface area contributed by atoms with Crippen molar-refractivity contribution in [1.29, 1.82) is 0 Å². The number of nitrogens with one attached hydrogen (secondary N) is 2. The molecule has 1 fully saturated rings. The molecule has 0 radical (unpaired) electrons. The average Bonchev–Trinajstić information content (AvgIpc) is 2.52. The van der Waals surface area contributed by atoms with Gasteiger partial charge in [-0.3, -0.25) is 4.79 Å². The maximum Gasteiger partial charge on any atom is 0.223 e. The predicted molar refractivity (Wildman–Crippen MR) is 90.7 cm³/mol. The molecule has 1 saturated heterocycles. The van der Waals surface area contributed by atoms with E-state index in [1.54, 1.807) is 0 Å². The molecule has 0 saturated carbocycles. The number of piperidine rings is 1. The first kappa shape index (κ1) is 17.0. The van der Waals surface area contributed by atoms with Crippen molar-refractivity contribution < 1.29 is 4.79 Å². The van der Waals surface area contributed by atoms with Crippen molar-refractivity contribution in [2.75, 3.05) is 13.1 Å². The molecule has 22 heavy (non-hydrogen) atoms. The van der Waals surface area contributed by atoms with Gasteiger partial charge in [0.2, 0.25) is 5.91 Å². The van der Waals surface area contributed by atoms with Crippen molar-refractivity contribution in [2.45, 2.75) is 51.6 Å². The molecule has 4 heteroatoms. The molecule has 1 unspecified atom stereocenters. The maximum absolute atomic E-state index is 12.2. The van der Waals surface area contributed by atoms with Gasteiger partial charge in [0.1, 0.15) is 0 Å². The number of rotatable bonds is 5. The van der Waals surface area contributed by atoms with Gasteiger partial charge in [-0.2, -0.15) is 0 Å². The molecule has 0 aromatic heterocycles. The zero-order chi connectivity index (χ0) is 16.1. The molecule has 1 aliphatic heterocycles. The molecule has 4 N–H and O–H groups in total. The van der Waals surface area contributed by atoms with Gasteiger partial charge in [-0.25, -0.2) is 0 Å². The first-order valence-electron chi connectivity index (χ1n) is 8.34. The Morgan fingerprint density at radius 2 is 1.95 bits per heavy atom. The standard InChI is InChI=1S/C18H29N3O/c1-12(2)14-4-6-15(7-5-14)17(19)11-21-18(22)16-8-9-20-13(3)10-16/h4-7,12-13,16-17,20H,8-11,19H2,1-3H3,(H,21,22)/t13-,16-,17?/m0/s1. The largest absolute Gasteiger partial charge is 0.354 e. The Balaban J connectivity index is 1.84. The third-order valence-corrected chi connectivity index (χ3v) is 4.52. The highest BCUT2D eigenvalue weighted by molar-refractivity contribution is 5.78. The third kappa shape index (κ3) is 4.55. The molecule has 1 aromatic rings. The van der Waals surface area contributed by atoms with E-state index < -0.39 is 0 Å². The van der Waals surface area contributed by atoms with Gasteiger partial charge in [0, 0.05) is 24.5 Å². The average molecular weight is 303 g/mol. The van der Waals surface area contributed by atoms with Crippen molar-refractivity contribution in [2.24, 2.45) is 11.7 Å². The lowest BCUT2D eigenvalue weighted by Gasteiger charge is -2.27. The van der Waals surface area contributed by atoms with E-state index in [1.165, 1.54) is 5.56 Å². The van der Waals surface area contributed by atoms with Crippen LogP contribution in [0.25, 0.3) is 0 Å². The molecule has 1 aliphatic rings. The van der Waals surface area contributed by atoms with Crippen molar-refractivity contribution in [1.82, 2.24) is 10.6 Å². The molecule has 1 heterocycles. The van der Waals surface area contributed by atoms with Gasteiger partial charge in [-0.15, -0.1) is 0 Å². The lowest BCUT2D eigenvalue weighted by atomic mass is 9.92. The number of carbonyl (C=O) groups is 1. The van der Waals surface area contributed by atoms with E-state index in [9.17, 15) is 4.79 Å². The second-order valence-corrected chi connectivity index (χ2v) is 6.75. The van der Waals surface area contributed by atoms with Gasteiger partial charge in [-0.1, -0.05) is 38.1 Å². The number of amides is 1. The molecule has 0 spiro atoms. The minimum absolute atomic E-state index is 0.117. The Hall–Kier alpha value is -1.39. The highest BCUT2D eigenvalue weighted by Crippen LogP contribution is 2.18. The summed E-state index contributed by atoms with van der Waals surface area (Å²) in [6, 6.07) is 8.65. The maximum atomic E-state index is 12.2. The summed E-state index contributed by atoms with van der Waals surface area (Å²) in [7, 11) is 0. The Bertz CT molecular complexity index is 484. The summed E-state index contributed by atoms with van der Waals surface area (Å²) in [6.45, 7) is 7.89. The normalized spacial score (nSPS) is 23.3. The van der Waals surface area contributed by atoms with Crippen LogP contribution in [0.4, 0.5) is 0 Å². The van der Waals surface area contributed by atoms with E-state index in [0.717, 1.165) is 24.9 Å². The molecule has 3 atom stereocenters. The monoisotopic (exact) mass is 303 g/mol. The summed E-state index contributed by atoms with van der Waals surface area (Å²) in [6.07, 6.45) is 1.82. The predicted octanol–water partition coefficient (Wildman–Crippen LogP) is 2.31. The van der Waals surface area contributed by atoms with Crippen LogP contribution in [0.15, 0.2) is 24.3 Å². The van der Waals surface area contributed by atoms with Crippen LogP contribution in [-0.2, 0) is 4.79 Å². The van der Waals surface area contributed by atoms with Gasteiger partial charge in [-0.05, 0) is 43.4 Å². The number of benzene rings is 1. The fourth-order valence-corrected chi connectivity index (χ4v) is 2.97. The van der Waals surface area contributed by atoms with Gasteiger partial charge in [0.05, 0.1) is 0 Å². The second kappa shape index (κ2) is 7.75. The summed E-state index contributed by atoms with van der Waals surface area (Å²) in [5.74, 6) is 0.779. The van der Waals surface area contributed by atoms with Gasteiger partial charge in [0.25, 0.3) is 0 Å². The molecule has 0 bridgehead atoms. The summed E-state index contributed by atoms with van der Waals surface area (Å²) in [5.41, 5.74) is 8.58. The quantitative estimate of drug-likeness (QED) is 0.782. The minimum Gasteiger partial charge on any atom is -0.354 e.